The molecular weight excluding hydrogens is 283 g/mol. The molecule has 1 N–H and O–H groups in total. The van der Waals surface area contributed by atoms with Crippen LogP contribution in [0.25, 0.3) is 6.08 Å². The first kappa shape index (κ1) is 15.9. The maximum Gasteiger partial charge on any atom is 0.185 e. The number of aliphatic hydroxyl groups is 1. The molecule has 0 aliphatic rings. The number of carbonyl (C=O) groups is 1. The van der Waals surface area contributed by atoms with Crippen LogP contribution in [0.2, 0.25) is 0 Å². The van der Waals surface area contributed by atoms with Crippen molar-refractivity contribution in [1.82, 2.24) is 0 Å². The molecule has 0 aliphatic carbocycles. The molecule has 0 aliphatic heterocycles. The van der Waals surface area contributed by atoms with E-state index < -0.39 is 0 Å². The minimum absolute atomic E-state index is 0.103. The second-order valence-corrected chi connectivity index (χ2v) is 4.70. The Bertz CT molecular complexity index is 630. The van der Waals surface area contributed by atoms with Crippen LogP contribution in [0.5, 0.6) is 5.75 Å². The fraction of sp³-hybridized carbons (Fsp3) is 0.167. The summed E-state index contributed by atoms with van der Waals surface area (Å²) in [5.41, 5.74) is 1.31. The number of aliphatic hydroxyl groups excluding tert-OH is 1. The average Bonchev–Trinajstić information content (AvgIpc) is 2.55. The van der Waals surface area contributed by atoms with Gasteiger partial charge in [-0.3, -0.25) is 4.79 Å². The first-order chi connectivity index (χ1) is 10.7. The molecular formula is C18H17FO3. The highest BCUT2D eigenvalue weighted by Gasteiger charge is 2.01. The fourth-order valence-electron chi connectivity index (χ4n) is 1.81. The lowest BCUT2D eigenvalue weighted by molar-refractivity contribution is 0.104. The number of ketones is 1. The van der Waals surface area contributed by atoms with Gasteiger partial charge in [0.05, 0.1) is 6.61 Å². The molecule has 114 valence electrons. The lowest BCUT2D eigenvalue weighted by Gasteiger charge is -2.04. The van der Waals surface area contributed by atoms with E-state index in [-0.39, 0.29) is 18.2 Å². The molecule has 0 bridgehead atoms. The van der Waals surface area contributed by atoms with Crippen molar-refractivity contribution >= 4 is 11.9 Å². The zero-order valence-electron chi connectivity index (χ0n) is 12.0. The third-order valence-electron chi connectivity index (χ3n) is 3.01. The van der Waals surface area contributed by atoms with Crippen LogP contribution < -0.4 is 4.74 Å². The van der Waals surface area contributed by atoms with E-state index in [0.29, 0.717) is 18.6 Å². The van der Waals surface area contributed by atoms with Crippen molar-refractivity contribution < 1.29 is 19.0 Å². The zero-order valence-corrected chi connectivity index (χ0v) is 12.0. The second kappa shape index (κ2) is 8.10. The van der Waals surface area contributed by atoms with E-state index in [4.69, 9.17) is 9.84 Å². The molecule has 0 aromatic heterocycles. The first-order valence-corrected chi connectivity index (χ1v) is 7.01. The van der Waals surface area contributed by atoms with Crippen molar-refractivity contribution in [2.75, 3.05) is 13.2 Å². The normalized spacial score (nSPS) is 10.8. The number of carbonyl (C=O) groups excluding carboxylic acids is 1. The van der Waals surface area contributed by atoms with Crippen LogP contribution in [0, 0.1) is 5.82 Å². The Kier molecular flexibility index (Phi) is 5.86. The van der Waals surface area contributed by atoms with Gasteiger partial charge in [0.2, 0.25) is 0 Å². The Labute approximate surface area is 128 Å². The molecule has 0 saturated heterocycles. The zero-order chi connectivity index (χ0) is 15.8. The highest BCUT2D eigenvalue weighted by Crippen LogP contribution is 2.14. The van der Waals surface area contributed by atoms with E-state index in [0.717, 1.165) is 11.3 Å². The summed E-state index contributed by atoms with van der Waals surface area (Å²) in [6.45, 7) is 0.570. The highest BCUT2D eigenvalue weighted by molar-refractivity contribution is 6.06. The van der Waals surface area contributed by atoms with Crippen LogP contribution in [-0.4, -0.2) is 24.1 Å². The number of ether oxygens (including phenoxy) is 1. The molecule has 2 rings (SSSR count). The van der Waals surface area contributed by atoms with Gasteiger partial charge in [0, 0.05) is 18.6 Å². The van der Waals surface area contributed by atoms with Gasteiger partial charge in [-0.15, -0.1) is 0 Å². The summed E-state index contributed by atoms with van der Waals surface area (Å²) in [5.74, 6) is 0.177. The number of rotatable bonds is 7. The van der Waals surface area contributed by atoms with Crippen molar-refractivity contribution in [2.45, 2.75) is 6.42 Å². The summed E-state index contributed by atoms with van der Waals surface area (Å²) in [4.78, 5) is 11.9. The summed E-state index contributed by atoms with van der Waals surface area (Å²) < 4.78 is 18.2. The number of hydrogen-bond acceptors (Lipinski definition) is 3. The number of hydrogen-bond donors (Lipinski definition) is 1. The summed E-state index contributed by atoms with van der Waals surface area (Å²) in [7, 11) is 0. The van der Waals surface area contributed by atoms with Gasteiger partial charge >= 0.3 is 0 Å². The van der Waals surface area contributed by atoms with Crippen molar-refractivity contribution in [2.24, 2.45) is 0 Å². The van der Waals surface area contributed by atoms with E-state index in [2.05, 4.69) is 0 Å². The number of benzene rings is 2. The Balaban J connectivity index is 1.95. The van der Waals surface area contributed by atoms with Crippen LogP contribution in [-0.2, 0) is 0 Å². The van der Waals surface area contributed by atoms with E-state index in [1.165, 1.54) is 30.3 Å². The van der Waals surface area contributed by atoms with Gasteiger partial charge in [-0.05, 0) is 48.0 Å². The van der Waals surface area contributed by atoms with Gasteiger partial charge in [-0.1, -0.05) is 18.2 Å². The highest BCUT2D eigenvalue weighted by atomic mass is 19.1. The average molecular weight is 300 g/mol. The molecule has 0 spiro atoms. The molecule has 2 aromatic carbocycles. The van der Waals surface area contributed by atoms with E-state index in [1.54, 1.807) is 18.2 Å². The molecule has 0 fully saturated rings. The van der Waals surface area contributed by atoms with Crippen molar-refractivity contribution in [3.63, 3.8) is 0 Å². The van der Waals surface area contributed by atoms with Crippen LogP contribution in [0.4, 0.5) is 4.39 Å². The van der Waals surface area contributed by atoms with Crippen LogP contribution >= 0.6 is 0 Å². The summed E-state index contributed by atoms with van der Waals surface area (Å²) in [6, 6.07) is 12.7. The standard InChI is InChI=1S/C18H17FO3/c19-16-7-5-15(6-8-16)18(21)11-4-14-2-9-17(10-3-14)22-13-1-12-20/h2-11,20H,1,12-13H2/b11-4+. The van der Waals surface area contributed by atoms with Crippen molar-refractivity contribution in [3.8, 4) is 5.75 Å². The van der Waals surface area contributed by atoms with E-state index in [1.807, 2.05) is 12.1 Å². The van der Waals surface area contributed by atoms with Crippen molar-refractivity contribution in [1.29, 1.82) is 0 Å². The van der Waals surface area contributed by atoms with Gasteiger partial charge in [-0.25, -0.2) is 4.39 Å². The van der Waals surface area contributed by atoms with Crippen molar-refractivity contribution in [3.05, 3.63) is 71.6 Å². The molecule has 0 atom stereocenters. The predicted molar refractivity (Wildman–Crippen MR) is 83.4 cm³/mol. The molecule has 22 heavy (non-hydrogen) atoms. The maximum atomic E-state index is 12.8. The van der Waals surface area contributed by atoms with Gasteiger partial charge < -0.3 is 9.84 Å². The predicted octanol–water partition coefficient (Wildman–Crippen LogP) is 3.48. The van der Waals surface area contributed by atoms with E-state index in [9.17, 15) is 9.18 Å². The minimum Gasteiger partial charge on any atom is -0.494 e. The second-order valence-electron chi connectivity index (χ2n) is 4.70. The largest absolute Gasteiger partial charge is 0.494 e. The Morgan fingerprint density at radius 1 is 1.09 bits per heavy atom. The first-order valence-electron chi connectivity index (χ1n) is 7.01. The summed E-state index contributed by atoms with van der Waals surface area (Å²) in [6.07, 6.45) is 3.74. The van der Waals surface area contributed by atoms with Crippen LogP contribution in [0.3, 0.4) is 0 Å². The third-order valence-corrected chi connectivity index (χ3v) is 3.01. The summed E-state index contributed by atoms with van der Waals surface area (Å²) >= 11 is 0. The van der Waals surface area contributed by atoms with Gasteiger partial charge in [-0.2, -0.15) is 0 Å². The Morgan fingerprint density at radius 2 is 1.77 bits per heavy atom. The number of allylic oxidation sites excluding steroid dienone is 1. The molecule has 2 aromatic rings. The molecule has 0 saturated carbocycles. The monoisotopic (exact) mass is 300 g/mol. The Morgan fingerprint density at radius 3 is 2.41 bits per heavy atom. The smallest absolute Gasteiger partial charge is 0.185 e. The lowest BCUT2D eigenvalue weighted by Crippen LogP contribution is -1.99. The van der Waals surface area contributed by atoms with Gasteiger partial charge in [0.1, 0.15) is 11.6 Å². The molecule has 3 nitrogen and oxygen atoms in total. The fourth-order valence-corrected chi connectivity index (χ4v) is 1.81. The third kappa shape index (κ3) is 4.82. The molecule has 0 radical (unpaired) electrons. The SMILES string of the molecule is O=C(/C=C/c1ccc(OCCCO)cc1)c1ccc(F)cc1. The van der Waals surface area contributed by atoms with E-state index >= 15 is 0 Å². The van der Waals surface area contributed by atoms with Crippen LogP contribution in [0.1, 0.15) is 22.3 Å². The summed E-state index contributed by atoms with van der Waals surface area (Å²) in [5, 5.41) is 8.68. The molecule has 0 amide bonds. The van der Waals surface area contributed by atoms with Crippen LogP contribution in [0.15, 0.2) is 54.6 Å². The minimum atomic E-state index is -0.364. The van der Waals surface area contributed by atoms with Gasteiger partial charge in [0.15, 0.2) is 5.78 Å². The molecule has 0 heterocycles. The maximum absolute atomic E-state index is 12.8. The molecule has 0 unspecified atom stereocenters. The lowest BCUT2D eigenvalue weighted by atomic mass is 10.1. The quantitative estimate of drug-likeness (QED) is 0.484. The van der Waals surface area contributed by atoms with Gasteiger partial charge in [0.25, 0.3) is 0 Å². The topological polar surface area (TPSA) is 46.5 Å². The Hall–Kier alpha value is -2.46. The number of halogens is 1. The molecule has 4 heteroatoms.